The molecule has 44 heavy (non-hydrogen) atoms. The van der Waals surface area contributed by atoms with Crippen LogP contribution in [0, 0.1) is 0 Å². The first-order chi connectivity index (χ1) is 21.8. The van der Waals surface area contributed by atoms with Crippen LogP contribution in [-0.2, 0) is 0 Å². The van der Waals surface area contributed by atoms with Crippen molar-refractivity contribution in [3.8, 4) is 39.5 Å². The molecule has 9 aromatic rings. The fourth-order valence-electron chi connectivity index (χ4n) is 6.33. The zero-order valence-corrected chi connectivity index (χ0v) is 24.5. The van der Waals surface area contributed by atoms with Crippen molar-refractivity contribution in [2.75, 3.05) is 0 Å². The number of fused-ring (bicyclic) bond motifs is 6. The molecule has 9 rings (SSSR count). The monoisotopic (exact) mass is 579 g/mol. The van der Waals surface area contributed by atoms with Gasteiger partial charge >= 0.3 is 0 Å². The van der Waals surface area contributed by atoms with Gasteiger partial charge in [-0.15, -0.1) is 11.3 Å². The fraction of sp³-hybridized carbons (Fsp3) is 0. The summed E-state index contributed by atoms with van der Waals surface area (Å²) in [6.07, 6.45) is 0. The Kier molecular flexibility index (Phi) is 5.68. The molecule has 0 fully saturated rings. The molecule has 4 heteroatoms. The minimum absolute atomic E-state index is 0.738. The van der Waals surface area contributed by atoms with Gasteiger partial charge in [-0.05, 0) is 53.6 Å². The summed E-state index contributed by atoms with van der Waals surface area (Å²) in [5, 5.41) is 3.57. The number of benzene rings is 6. The molecule has 3 heterocycles. The summed E-state index contributed by atoms with van der Waals surface area (Å²) in [6.45, 7) is 0. The van der Waals surface area contributed by atoms with E-state index >= 15 is 0 Å². The Morgan fingerprint density at radius 1 is 0.455 bits per heavy atom. The van der Waals surface area contributed by atoms with E-state index in [2.05, 4.69) is 156 Å². The first kappa shape index (κ1) is 25.0. The molecule has 0 aliphatic rings. The largest absolute Gasteiger partial charge is 0.309 e. The summed E-state index contributed by atoms with van der Waals surface area (Å²) in [5.41, 5.74) is 9.97. The van der Waals surface area contributed by atoms with E-state index in [-0.39, 0.29) is 0 Å². The number of thiophene rings is 1. The van der Waals surface area contributed by atoms with Crippen LogP contribution in [0.5, 0.6) is 0 Å². The van der Waals surface area contributed by atoms with Crippen molar-refractivity contribution in [2.45, 2.75) is 0 Å². The second kappa shape index (κ2) is 10.0. The van der Waals surface area contributed by atoms with Crippen LogP contribution in [0.4, 0.5) is 0 Å². The highest BCUT2D eigenvalue weighted by Gasteiger charge is 2.18. The van der Waals surface area contributed by atoms with Gasteiger partial charge in [-0.3, -0.25) is 0 Å². The van der Waals surface area contributed by atoms with Gasteiger partial charge in [-0.2, -0.15) is 0 Å². The third-order valence-electron chi connectivity index (χ3n) is 8.43. The second-order valence-electron chi connectivity index (χ2n) is 11.0. The Labute approximate surface area is 258 Å². The smallest absolute Gasteiger partial charge is 0.160 e. The molecule has 0 saturated heterocycles. The summed E-state index contributed by atoms with van der Waals surface area (Å²) in [4.78, 5) is 10.5. The van der Waals surface area contributed by atoms with Crippen molar-refractivity contribution < 1.29 is 0 Å². The third-order valence-corrected chi connectivity index (χ3v) is 9.60. The molecular weight excluding hydrogens is 555 g/mol. The van der Waals surface area contributed by atoms with Crippen molar-refractivity contribution in [3.63, 3.8) is 0 Å². The summed E-state index contributed by atoms with van der Waals surface area (Å²) < 4.78 is 4.67. The number of rotatable bonds is 4. The van der Waals surface area contributed by atoms with Gasteiger partial charge in [-0.25, -0.2) is 9.97 Å². The Bertz CT molecular complexity index is 2470. The van der Waals surface area contributed by atoms with Crippen molar-refractivity contribution >= 4 is 53.4 Å². The van der Waals surface area contributed by atoms with Gasteiger partial charge < -0.3 is 4.57 Å². The molecule has 0 bridgehead atoms. The van der Waals surface area contributed by atoms with Crippen LogP contribution in [0.25, 0.3) is 81.6 Å². The van der Waals surface area contributed by atoms with E-state index in [9.17, 15) is 0 Å². The number of aromatic nitrogens is 3. The van der Waals surface area contributed by atoms with E-state index in [0.717, 1.165) is 38.5 Å². The third kappa shape index (κ3) is 3.96. The van der Waals surface area contributed by atoms with Crippen molar-refractivity contribution in [1.29, 1.82) is 0 Å². The topological polar surface area (TPSA) is 30.7 Å². The predicted octanol–water partition coefficient (Wildman–Crippen LogP) is 10.9. The molecule has 0 unspecified atom stereocenters. The van der Waals surface area contributed by atoms with Crippen LogP contribution in [0.15, 0.2) is 152 Å². The van der Waals surface area contributed by atoms with Crippen LogP contribution in [-0.4, -0.2) is 14.5 Å². The molecule has 0 saturated carbocycles. The summed E-state index contributed by atoms with van der Waals surface area (Å²) in [7, 11) is 0. The lowest BCUT2D eigenvalue weighted by molar-refractivity contribution is 1.18. The molecule has 206 valence electrons. The van der Waals surface area contributed by atoms with Crippen LogP contribution in [0.1, 0.15) is 0 Å². The molecule has 0 spiro atoms. The summed E-state index contributed by atoms with van der Waals surface area (Å²) in [5.74, 6) is 0.738. The van der Waals surface area contributed by atoms with Crippen molar-refractivity contribution in [3.05, 3.63) is 152 Å². The van der Waals surface area contributed by atoms with Crippen LogP contribution in [0.2, 0.25) is 0 Å². The number of para-hydroxylation sites is 2. The SMILES string of the molecule is c1ccc(-c2ccc(-c3nc(-c4ccc5c(c4)c4ccccc4n5-c4ccccc4)nc4c3sc3ccccc34)cc2)cc1. The minimum atomic E-state index is 0.738. The molecule has 3 nitrogen and oxygen atoms in total. The van der Waals surface area contributed by atoms with Crippen LogP contribution in [0.3, 0.4) is 0 Å². The minimum Gasteiger partial charge on any atom is -0.309 e. The number of hydrogen-bond acceptors (Lipinski definition) is 3. The first-order valence-corrected chi connectivity index (χ1v) is 15.6. The summed E-state index contributed by atoms with van der Waals surface area (Å²) in [6, 6.07) is 53.6. The van der Waals surface area contributed by atoms with Gasteiger partial charge in [0.1, 0.15) is 0 Å². The van der Waals surface area contributed by atoms with Crippen molar-refractivity contribution in [2.24, 2.45) is 0 Å². The maximum atomic E-state index is 5.28. The van der Waals surface area contributed by atoms with E-state index < -0.39 is 0 Å². The van der Waals surface area contributed by atoms with E-state index in [1.165, 1.54) is 43.0 Å². The van der Waals surface area contributed by atoms with E-state index in [1.54, 1.807) is 11.3 Å². The van der Waals surface area contributed by atoms with Gasteiger partial charge in [0, 0.05) is 37.7 Å². The van der Waals surface area contributed by atoms with Gasteiger partial charge in [0.2, 0.25) is 0 Å². The second-order valence-corrected chi connectivity index (χ2v) is 12.1. The molecule has 0 amide bonds. The molecule has 6 aromatic carbocycles. The maximum Gasteiger partial charge on any atom is 0.160 e. The number of hydrogen-bond donors (Lipinski definition) is 0. The van der Waals surface area contributed by atoms with Gasteiger partial charge in [0.05, 0.1) is 26.9 Å². The Morgan fingerprint density at radius 3 is 1.89 bits per heavy atom. The molecule has 3 aromatic heterocycles. The average molecular weight is 580 g/mol. The van der Waals surface area contributed by atoms with Crippen molar-refractivity contribution in [1.82, 2.24) is 14.5 Å². The van der Waals surface area contributed by atoms with Gasteiger partial charge in [0.25, 0.3) is 0 Å². The van der Waals surface area contributed by atoms with Gasteiger partial charge in [0.15, 0.2) is 5.82 Å². The normalized spacial score (nSPS) is 11.6. The quantitative estimate of drug-likeness (QED) is 0.208. The standard InChI is InChI=1S/C40H25N3S/c1-3-11-26(12-4-1)27-19-21-28(22-20-27)37-39-38(32-16-8-10-18-36(32)44-39)42-40(41-37)29-23-24-35-33(25-29)31-15-7-9-17-34(31)43(35)30-13-5-2-6-14-30/h1-25H. The Balaban J connectivity index is 1.26. The average Bonchev–Trinajstić information content (AvgIpc) is 3.64. The van der Waals surface area contributed by atoms with E-state index in [4.69, 9.17) is 9.97 Å². The lowest BCUT2D eigenvalue weighted by atomic mass is 10.0. The molecular formula is C40H25N3S. The summed E-state index contributed by atoms with van der Waals surface area (Å²) >= 11 is 1.76. The highest BCUT2D eigenvalue weighted by Crippen LogP contribution is 2.41. The maximum absolute atomic E-state index is 5.28. The number of nitrogens with zero attached hydrogens (tertiary/aromatic N) is 3. The Hall–Kier alpha value is -5.58. The lowest BCUT2D eigenvalue weighted by Gasteiger charge is -2.09. The predicted molar refractivity (Wildman–Crippen MR) is 186 cm³/mol. The molecule has 0 aliphatic heterocycles. The van der Waals surface area contributed by atoms with Crippen LogP contribution < -0.4 is 0 Å². The lowest BCUT2D eigenvalue weighted by Crippen LogP contribution is -1.95. The van der Waals surface area contributed by atoms with E-state index in [0.29, 0.717) is 0 Å². The first-order valence-electron chi connectivity index (χ1n) is 14.8. The molecule has 0 N–H and O–H groups in total. The van der Waals surface area contributed by atoms with E-state index in [1.807, 2.05) is 0 Å². The highest BCUT2D eigenvalue weighted by atomic mass is 32.1. The molecule has 0 atom stereocenters. The highest BCUT2D eigenvalue weighted by molar-refractivity contribution is 7.26. The Morgan fingerprint density at radius 2 is 1.07 bits per heavy atom. The zero-order valence-electron chi connectivity index (χ0n) is 23.7. The molecule has 0 radical (unpaired) electrons. The van der Waals surface area contributed by atoms with Gasteiger partial charge in [-0.1, -0.05) is 109 Å². The van der Waals surface area contributed by atoms with Crippen LogP contribution >= 0.6 is 11.3 Å². The molecule has 0 aliphatic carbocycles. The zero-order chi connectivity index (χ0) is 29.0. The fourth-order valence-corrected chi connectivity index (χ4v) is 7.49.